The summed E-state index contributed by atoms with van der Waals surface area (Å²) in [6.45, 7) is 2.01. The molecule has 0 aliphatic heterocycles. The molecule has 0 spiro atoms. The summed E-state index contributed by atoms with van der Waals surface area (Å²) in [5, 5.41) is 2.88. The Hall–Kier alpha value is -2.05. The molecule has 0 heterocycles. The van der Waals surface area contributed by atoms with Gasteiger partial charge < -0.3 is 20.5 Å². The van der Waals surface area contributed by atoms with Crippen LogP contribution < -0.4 is 20.5 Å². The maximum absolute atomic E-state index is 12.5. The molecule has 0 saturated heterocycles. The van der Waals surface area contributed by atoms with Gasteiger partial charge in [0.25, 0.3) is 0 Å². The molecule has 1 amide bonds. The van der Waals surface area contributed by atoms with Crippen LogP contribution >= 0.6 is 15.9 Å². The average Bonchev–Trinajstić information content (AvgIpc) is 2.60. The third kappa shape index (κ3) is 3.88. The Morgan fingerprint density at radius 1 is 1.17 bits per heavy atom. The summed E-state index contributed by atoms with van der Waals surface area (Å²) in [5.74, 6) is 0.964. The third-order valence-electron chi connectivity index (χ3n) is 3.84. The second kappa shape index (κ2) is 7.68. The molecule has 1 atom stereocenters. The molecule has 0 radical (unpaired) electrons. The van der Waals surface area contributed by atoms with E-state index in [2.05, 4.69) is 21.2 Å². The zero-order valence-electron chi connectivity index (χ0n) is 13.9. The van der Waals surface area contributed by atoms with E-state index in [0.29, 0.717) is 18.0 Å². The summed E-state index contributed by atoms with van der Waals surface area (Å²) in [4.78, 5) is 12.5. The first kappa shape index (κ1) is 18.3. The van der Waals surface area contributed by atoms with Gasteiger partial charge in [0.1, 0.15) is 5.54 Å². The van der Waals surface area contributed by atoms with Crippen LogP contribution in [0.3, 0.4) is 0 Å². The molecule has 0 aliphatic carbocycles. The number of halogens is 1. The Kier molecular flexibility index (Phi) is 5.85. The largest absolute Gasteiger partial charge is 0.493 e. The zero-order valence-corrected chi connectivity index (χ0v) is 15.5. The SMILES string of the molecule is COc1cc(Br)c(CNC(=O)C(C)(N)c2ccccc2)cc1OC. The predicted octanol–water partition coefficient (Wildman–Crippen LogP) is 2.96. The van der Waals surface area contributed by atoms with E-state index in [1.165, 1.54) is 0 Å². The lowest BCUT2D eigenvalue weighted by Gasteiger charge is -2.24. The van der Waals surface area contributed by atoms with E-state index in [0.717, 1.165) is 15.6 Å². The summed E-state index contributed by atoms with van der Waals surface area (Å²) in [6, 6.07) is 12.9. The van der Waals surface area contributed by atoms with Crippen molar-refractivity contribution in [3.8, 4) is 11.5 Å². The number of hydrogen-bond acceptors (Lipinski definition) is 4. The normalized spacial score (nSPS) is 13.0. The van der Waals surface area contributed by atoms with Crippen molar-refractivity contribution in [1.29, 1.82) is 0 Å². The fourth-order valence-electron chi connectivity index (χ4n) is 2.31. The fourth-order valence-corrected chi connectivity index (χ4v) is 2.77. The second-order valence-electron chi connectivity index (χ2n) is 5.55. The smallest absolute Gasteiger partial charge is 0.244 e. The molecule has 3 N–H and O–H groups in total. The molecule has 128 valence electrons. The van der Waals surface area contributed by atoms with Crippen molar-refractivity contribution in [2.24, 2.45) is 5.73 Å². The Labute approximate surface area is 150 Å². The molecule has 24 heavy (non-hydrogen) atoms. The molecule has 2 aromatic carbocycles. The van der Waals surface area contributed by atoms with E-state index < -0.39 is 5.54 Å². The molecule has 0 saturated carbocycles. The summed E-state index contributed by atoms with van der Waals surface area (Å²) in [6.07, 6.45) is 0. The molecule has 0 aromatic heterocycles. The van der Waals surface area contributed by atoms with Gasteiger partial charge in [-0.1, -0.05) is 46.3 Å². The van der Waals surface area contributed by atoms with Crippen molar-refractivity contribution in [2.45, 2.75) is 19.0 Å². The van der Waals surface area contributed by atoms with Crippen molar-refractivity contribution in [3.63, 3.8) is 0 Å². The van der Waals surface area contributed by atoms with Crippen LogP contribution in [-0.2, 0) is 16.9 Å². The van der Waals surface area contributed by atoms with E-state index in [9.17, 15) is 4.79 Å². The Morgan fingerprint density at radius 2 is 1.75 bits per heavy atom. The van der Waals surface area contributed by atoms with Crippen LogP contribution in [0.5, 0.6) is 11.5 Å². The molecule has 1 unspecified atom stereocenters. The van der Waals surface area contributed by atoms with Crippen LogP contribution in [-0.4, -0.2) is 20.1 Å². The van der Waals surface area contributed by atoms with Gasteiger partial charge in [-0.25, -0.2) is 0 Å². The number of benzene rings is 2. The predicted molar refractivity (Wildman–Crippen MR) is 97.1 cm³/mol. The van der Waals surface area contributed by atoms with Crippen LogP contribution in [0, 0.1) is 0 Å². The quantitative estimate of drug-likeness (QED) is 0.792. The van der Waals surface area contributed by atoms with Gasteiger partial charge in [-0.2, -0.15) is 0 Å². The number of hydrogen-bond donors (Lipinski definition) is 2. The lowest BCUT2D eigenvalue weighted by Crippen LogP contribution is -2.48. The van der Waals surface area contributed by atoms with Gasteiger partial charge in [0.2, 0.25) is 5.91 Å². The lowest BCUT2D eigenvalue weighted by atomic mass is 9.92. The number of ether oxygens (including phenoxy) is 2. The number of nitrogens with two attached hydrogens (primary N) is 1. The number of carbonyl (C=O) groups excluding carboxylic acids is 1. The van der Waals surface area contributed by atoms with Crippen molar-refractivity contribution >= 4 is 21.8 Å². The minimum Gasteiger partial charge on any atom is -0.493 e. The highest BCUT2D eigenvalue weighted by atomic mass is 79.9. The van der Waals surface area contributed by atoms with Crippen LogP contribution in [0.1, 0.15) is 18.1 Å². The standard InChI is InChI=1S/C18H21BrN2O3/c1-18(20,13-7-5-4-6-8-13)17(22)21-11-12-9-15(23-2)16(24-3)10-14(12)19/h4-10H,11,20H2,1-3H3,(H,21,22). The summed E-state index contributed by atoms with van der Waals surface area (Å²) < 4.78 is 11.4. The van der Waals surface area contributed by atoms with E-state index >= 15 is 0 Å². The minimum atomic E-state index is -1.11. The third-order valence-corrected chi connectivity index (χ3v) is 4.58. The molecule has 0 fully saturated rings. The van der Waals surface area contributed by atoms with Gasteiger partial charge in [0.15, 0.2) is 11.5 Å². The Balaban J connectivity index is 2.14. The molecule has 0 aliphatic rings. The zero-order chi connectivity index (χ0) is 17.7. The van der Waals surface area contributed by atoms with Crippen molar-refractivity contribution < 1.29 is 14.3 Å². The number of nitrogens with one attached hydrogen (secondary N) is 1. The summed E-state index contributed by atoms with van der Waals surface area (Å²) in [7, 11) is 3.14. The molecule has 2 aromatic rings. The molecule has 6 heteroatoms. The fraction of sp³-hybridized carbons (Fsp3) is 0.278. The summed E-state index contributed by atoms with van der Waals surface area (Å²) >= 11 is 3.48. The van der Waals surface area contributed by atoms with Gasteiger partial charge in [0.05, 0.1) is 14.2 Å². The van der Waals surface area contributed by atoms with E-state index in [-0.39, 0.29) is 5.91 Å². The topological polar surface area (TPSA) is 73.6 Å². The van der Waals surface area contributed by atoms with Gasteiger partial charge >= 0.3 is 0 Å². The first-order chi connectivity index (χ1) is 11.4. The molecule has 2 rings (SSSR count). The van der Waals surface area contributed by atoms with Gasteiger partial charge in [-0.15, -0.1) is 0 Å². The number of rotatable bonds is 6. The molecule has 5 nitrogen and oxygen atoms in total. The second-order valence-corrected chi connectivity index (χ2v) is 6.40. The first-order valence-corrected chi connectivity index (χ1v) is 8.22. The molecule has 0 bridgehead atoms. The van der Waals surface area contributed by atoms with Gasteiger partial charge in [-0.05, 0) is 30.2 Å². The summed E-state index contributed by atoms with van der Waals surface area (Å²) in [5.41, 5.74) is 6.73. The van der Waals surface area contributed by atoms with Crippen LogP contribution in [0.25, 0.3) is 0 Å². The first-order valence-electron chi connectivity index (χ1n) is 7.43. The minimum absolute atomic E-state index is 0.254. The van der Waals surface area contributed by atoms with E-state index in [1.54, 1.807) is 27.2 Å². The highest BCUT2D eigenvalue weighted by molar-refractivity contribution is 9.10. The number of methoxy groups -OCH3 is 2. The van der Waals surface area contributed by atoms with E-state index in [4.69, 9.17) is 15.2 Å². The molecular weight excluding hydrogens is 372 g/mol. The van der Waals surface area contributed by atoms with Crippen molar-refractivity contribution in [1.82, 2.24) is 5.32 Å². The van der Waals surface area contributed by atoms with E-state index in [1.807, 2.05) is 36.4 Å². The van der Waals surface area contributed by atoms with Crippen LogP contribution in [0.15, 0.2) is 46.9 Å². The number of amides is 1. The molecular formula is C18H21BrN2O3. The Morgan fingerprint density at radius 3 is 2.33 bits per heavy atom. The highest BCUT2D eigenvalue weighted by Crippen LogP contribution is 2.33. The number of carbonyl (C=O) groups is 1. The monoisotopic (exact) mass is 392 g/mol. The van der Waals surface area contributed by atoms with Gasteiger partial charge in [-0.3, -0.25) is 4.79 Å². The van der Waals surface area contributed by atoms with Crippen LogP contribution in [0.2, 0.25) is 0 Å². The van der Waals surface area contributed by atoms with Crippen molar-refractivity contribution in [2.75, 3.05) is 14.2 Å². The van der Waals surface area contributed by atoms with Gasteiger partial charge in [0, 0.05) is 11.0 Å². The average molecular weight is 393 g/mol. The lowest BCUT2D eigenvalue weighted by molar-refractivity contribution is -0.126. The Bertz CT molecular complexity index is 718. The maximum atomic E-state index is 12.5. The van der Waals surface area contributed by atoms with Crippen molar-refractivity contribution in [3.05, 3.63) is 58.1 Å². The van der Waals surface area contributed by atoms with Crippen LogP contribution in [0.4, 0.5) is 0 Å². The maximum Gasteiger partial charge on any atom is 0.244 e. The highest BCUT2D eigenvalue weighted by Gasteiger charge is 2.30.